The highest BCUT2D eigenvalue weighted by Crippen LogP contribution is 2.27. The minimum Gasteiger partial charge on any atom is -0.493 e. The summed E-state index contributed by atoms with van der Waals surface area (Å²) in [6.07, 6.45) is 0. The fourth-order valence-electron chi connectivity index (χ4n) is 1.63. The van der Waals surface area contributed by atoms with Gasteiger partial charge in [-0.15, -0.1) is 11.3 Å². The summed E-state index contributed by atoms with van der Waals surface area (Å²) >= 11 is 1.24. The zero-order valence-corrected chi connectivity index (χ0v) is 12.5. The summed E-state index contributed by atoms with van der Waals surface area (Å²) in [6, 6.07) is 9.91. The Morgan fingerprint density at radius 2 is 2.14 bits per heavy atom. The molecule has 1 heterocycles. The molecule has 0 saturated heterocycles. The summed E-state index contributed by atoms with van der Waals surface area (Å²) in [6.45, 7) is -0.334. The van der Waals surface area contributed by atoms with Crippen molar-refractivity contribution in [1.29, 1.82) is 5.26 Å². The van der Waals surface area contributed by atoms with Crippen LogP contribution in [-0.4, -0.2) is 25.5 Å². The van der Waals surface area contributed by atoms with E-state index in [-0.39, 0.29) is 6.61 Å². The highest BCUT2D eigenvalue weighted by atomic mass is 32.1. The molecule has 1 aromatic heterocycles. The van der Waals surface area contributed by atoms with Crippen LogP contribution in [-0.2, 0) is 4.79 Å². The van der Waals surface area contributed by atoms with Crippen LogP contribution in [0.4, 0.5) is 0 Å². The molecule has 0 atom stereocenters. The number of nitrogens with zero attached hydrogens (tertiary/aromatic N) is 1. The van der Waals surface area contributed by atoms with Gasteiger partial charge in [0.2, 0.25) is 0 Å². The number of ether oxygens (including phenoxy) is 2. The number of carbonyl (C=O) groups excluding carboxylic acids is 2. The number of amides is 2. The van der Waals surface area contributed by atoms with Crippen LogP contribution >= 0.6 is 11.3 Å². The second-order valence-corrected chi connectivity index (χ2v) is 5.07. The Kier molecular flexibility index (Phi) is 5.11. The van der Waals surface area contributed by atoms with Gasteiger partial charge in [0.15, 0.2) is 18.1 Å². The Morgan fingerprint density at radius 1 is 1.32 bits per heavy atom. The predicted molar refractivity (Wildman–Crippen MR) is 80.0 cm³/mol. The first-order chi connectivity index (χ1) is 10.6. The van der Waals surface area contributed by atoms with E-state index < -0.39 is 11.8 Å². The standard InChI is InChI=1S/C15H12N2O4S/c1-20-12-7-10(8-16)4-5-11(12)21-9-14(18)17-15(19)13-3-2-6-22-13/h2-7H,9H2,1H3,(H,17,18,19). The Bertz CT molecular complexity index is 720. The first-order valence-electron chi connectivity index (χ1n) is 6.22. The van der Waals surface area contributed by atoms with Crippen molar-refractivity contribution < 1.29 is 19.1 Å². The number of benzene rings is 1. The quantitative estimate of drug-likeness (QED) is 0.911. The summed E-state index contributed by atoms with van der Waals surface area (Å²) in [5.74, 6) is -0.364. The fourth-order valence-corrected chi connectivity index (χ4v) is 2.25. The molecule has 1 N–H and O–H groups in total. The molecule has 0 saturated carbocycles. The molecule has 0 aliphatic carbocycles. The van der Waals surface area contributed by atoms with Gasteiger partial charge in [-0.25, -0.2) is 0 Å². The van der Waals surface area contributed by atoms with Gasteiger partial charge in [0.1, 0.15) is 0 Å². The highest BCUT2D eigenvalue weighted by molar-refractivity contribution is 7.12. The number of thiophene rings is 1. The predicted octanol–water partition coefficient (Wildman–Crippen LogP) is 1.96. The van der Waals surface area contributed by atoms with E-state index in [2.05, 4.69) is 5.32 Å². The molecular formula is C15H12N2O4S. The SMILES string of the molecule is COc1cc(C#N)ccc1OCC(=O)NC(=O)c1cccs1. The van der Waals surface area contributed by atoms with Gasteiger partial charge in [-0.05, 0) is 23.6 Å². The van der Waals surface area contributed by atoms with Gasteiger partial charge in [-0.1, -0.05) is 6.07 Å². The summed E-state index contributed by atoms with van der Waals surface area (Å²) in [7, 11) is 1.43. The van der Waals surface area contributed by atoms with Crippen molar-refractivity contribution >= 4 is 23.2 Å². The molecule has 112 valence electrons. The number of hydrogen-bond acceptors (Lipinski definition) is 6. The maximum absolute atomic E-state index is 11.7. The van der Waals surface area contributed by atoms with E-state index in [1.54, 1.807) is 23.6 Å². The zero-order valence-electron chi connectivity index (χ0n) is 11.7. The summed E-state index contributed by atoms with van der Waals surface area (Å²) in [5.41, 5.74) is 0.418. The van der Waals surface area contributed by atoms with Gasteiger partial charge in [0, 0.05) is 6.07 Å². The molecule has 0 aliphatic rings. The molecule has 2 aromatic rings. The largest absolute Gasteiger partial charge is 0.493 e. The van der Waals surface area contributed by atoms with Crippen LogP contribution in [0.3, 0.4) is 0 Å². The van der Waals surface area contributed by atoms with Gasteiger partial charge in [-0.2, -0.15) is 5.26 Å². The van der Waals surface area contributed by atoms with Gasteiger partial charge < -0.3 is 9.47 Å². The number of methoxy groups -OCH3 is 1. The van der Waals surface area contributed by atoms with Crippen molar-refractivity contribution in [2.45, 2.75) is 0 Å². The number of nitriles is 1. The third kappa shape index (κ3) is 3.84. The van der Waals surface area contributed by atoms with E-state index in [4.69, 9.17) is 14.7 Å². The molecule has 0 radical (unpaired) electrons. The maximum atomic E-state index is 11.7. The number of nitrogens with one attached hydrogen (secondary N) is 1. The van der Waals surface area contributed by atoms with Crippen LogP contribution in [0.25, 0.3) is 0 Å². The Morgan fingerprint density at radius 3 is 2.77 bits per heavy atom. The Labute approximate surface area is 130 Å². The molecule has 0 bridgehead atoms. The Hall–Kier alpha value is -2.85. The van der Waals surface area contributed by atoms with E-state index in [0.29, 0.717) is 21.9 Å². The van der Waals surface area contributed by atoms with Crippen LogP contribution in [0, 0.1) is 11.3 Å². The van der Waals surface area contributed by atoms with Crippen molar-refractivity contribution in [3.8, 4) is 17.6 Å². The normalized spacial score (nSPS) is 9.64. The van der Waals surface area contributed by atoms with Crippen molar-refractivity contribution in [2.75, 3.05) is 13.7 Å². The van der Waals surface area contributed by atoms with Crippen LogP contribution in [0.1, 0.15) is 15.2 Å². The van der Waals surface area contributed by atoms with Crippen LogP contribution in [0.15, 0.2) is 35.7 Å². The smallest absolute Gasteiger partial charge is 0.268 e. The molecule has 22 heavy (non-hydrogen) atoms. The zero-order chi connectivity index (χ0) is 15.9. The number of carbonyl (C=O) groups is 2. The molecule has 0 aliphatic heterocycles. The summed E-state index contributed by atoms with van der Waals surface area (Å²) in [5, 5.41) is 12.8. The molecule has 2 rings (SSSR count). The monoisotopic (exact) mass is 316 g/mol. The topological polar surface area (TPSA) is 88.4 Å². The first-order valence-corrected chi connectivity index (χ1v) is 7.10. The minimum absolute atomic E-state index is 0.320. The van der Waals surface area contributed by atoms with Crippen molar-refractivity contribution in [3.63, 3.8) is 0 Å². The van der Waals surface area contributed by atoms with Gasteiger partial charge in [0.25, 0.3) is 11.8 Å². The van der Waals surface area contributed by atoms with E-state index in [1.165, 1.54) is 30.6 Å². The number of imide groups is 1. The van der Waals surface area contributed by atoms with Gasteiger partial charge in [0.05, 0.1) is 23.6 Å². The van der Waals surface area contributed by atoms with E-state index in [1.807, 2.05) is 6.07 Å². The van der Waals surface area contributed by atoms with E-state index in [9.17, 15) is 9.59 Å². The molecule has 0 unspecified atom stereocenters. The molecule has 1 aromatic carbocycles. The molecule has 6 nitrogen and oxygen atoms in total. The van der Waals surface area contributed by atoms with Crippen LogP contribution in [0.2, 0.25) is 0 Å². The highest BCUT2D eigenvalue weighted by Gasteiger charge is 2.13. The molecule has 0 fully saturated rings. The molecular weight excluding hydrogens is 304 g/mol. The van der Waals surface area contributed by atoms with Gasteiger partial charge in [-0.3, -0.25) is 14.9 Å². The number of rotatable bonds is 5. The third-order valence-corrected chi connectivity index (χ3v) is 3.52. The second kappa shape index (κ2) is 7.24. The molecule has 2 amide bonds. The summed E-state index contributed by atoms with van der Waals surface area (Å²) < 4.78 is 10.4. The lowest BCUT2D eigenvalue weighted by molar-refractivity contribution is -0.122. The lowest BCUT2D eigenvalue weighted by Gasteiger charge is -2.10. The van der Waals surface area contributed by atoms with Crippen molar-refractivity contribution in [3.05, 3.63) is 46.2 Å². The molecule has 7 heteroatoms. The third-order valence-electron chi connectivity index (χ3n) is 2.65. The fraction of sp³-hybridized carbons (Fsp3) is 0.133. The first kappa shape index (κ1) is 15.5. The van der Waals surface area contributed by atoms with E-state index in [0.717, 1.165) is 0 Å². The average molecular weight is 316 g/mol. The lowest BCUT2D eigenvalue weighted by atomic mass is 10.2. The van der Waals surface area contributed by atoms with Crippen LogP contribution in [0.5, 0.6) is 11.5 Å². The van der Waals surface area contributed by atoms with Crippen LogP contribution < -0.4 is 14.8 Å². The van der Waals surface area contributed by atoms with Crippen molar-refractivity contribution in [2.24, 2.45) is 0 Å². The number of hydrogen-bond donors (Lipinski definition) is 1. The molecule has 0 spiro atoms. The Balaban J connectivity index is 1.94. The second-order valence-electron chi connectivity index (χ2n) is 4.12. The maximum Gasteiger partial charge on any atom is 0.268 e. The van der Waals surface area contributed by atoms with E-state index >= 15 is 0 Å². The average Bonchev–Trinajstić information content (AvgIpc) is 3.07. The minimum atomic E-state index is -0.565. The van der Waals surface area contributed by atoms with Gasteiger partial charge >= 0.3 is 0 Å². The summed E-state index contributed by atoms with van der Waals surface area (Å²) in [4.78, 5) is 23.8. The van der Waals surface area contributed by atoms with Crippen molar-refractivity contribution in [1.82, 2.24) is 5.32 Å². The lowest BCUT2D eigenvalue weighted by Crippen LogP contribution is -2.33.